The van der Waals surface area contributed by atoms with Crippen LogP contribution in [-0.2, 0) is 20.5 Å². The molecule has 0 saturated carbocycles. The second kappa shape index (κ2) is 9.53. The number of alkyl halides is 3. The number of anilines is 1. The predicted octanol–water partition coefficient (Wildman–Crippen LogP) is 3.26. The number of halogens is 4. The third-order valence-corrected chi connectivity index (χ3v) is 6.01. The number of carbonyl (C=O) groups is 2. The molecule has 2 aliphatic rings. The molecule has 1 N–H and O–H groups in total. The fourth-order valence-corrected chi connectivity index (χ4v) is 3.94. The van der Waals surface area contributed by atoms with Gasteiger partial charge in [-0.3, -0.25) is 14.5 Å². The number of hydrogen-bond donors (Lipinski definition) is 1. The molecule has 1 aromatic rings. The van der Waals surface area contributed by atoms with Gasteiger partial charge in [0.05, 0.1) is 35.5 Å². The quantitative estimate of drug-likeness (QED) is 0.769. The van der Waals surface area contributed by atoms with Gasteiger partial charge in [0.15, 0.2) is 0 Å². The number of rotatable bonds is 4. The van der Waals surface area contributed by atoms with E-state index in [1.807, 2.05) is 9.80 Å². The van der Waals surface area contributed by atoms with Gasteiger partial charge in [0.1, 0.15) is 0 Å². The van der Waals surface area contributed by atoms with Crippen LogP contribution in [0.1, 0.15) is 25.3 Å². The highest BCUT2D eigenvalue weighted by Crippen LogP contribution is 2.34. The number of amides is 2. The fourth-order valence-electron chi connectivity index (χ4n) is 3.78. The molecule has 1 atom stereocenters. The van der Waals surface area contributed by atoms with E-state index in [1.54, 1.807) is 6.92 Å². The Kier molecular flexibility index (Phi) is 7.26. The van der Waals surface area contributed by atoms with Crippen LogP contribution in [0.15, 0.2) is 18.2 Å². The SMILES string of the molecule is C[C@@H](C(=O)Nc1cc(C(F)(F)F)ccc1Cl)N1CCC(C(=O)N2CCOCC2)CC1. The molecule has 0 radical (unpaired) electrons. The Morgan fingerprint density at radius 2 is 1.80 bits per heavy atom. The number of carbonyl (C=O) groups excluding carboxylic acids is 2. The summed E-state index contributed by atoms with van der Waals surface area (Å²) in [6, 6.07) is 2.26. The lowest BCUT2D eigenvalue weighted by Gasteiger charge is -2.37. The molecule has 0 unspecified atom stereocenters. The first-order chi connectivity index (χ1) is 14.2. The molecule has 10 heteroatoms. The lowest BCUT2D eigenvalue weighted by atomic mass is 9.94. The zero-order chi connectivity index (χ0) is 21.9. The number of benzene rings is 1. The van der Waals surface area contributed by atoms with Gasteiger partial charge in [-0.15, -0.1) is 0 Å². The van der Waals surface area contributed by atoms with Crippen molar-refractivity contribution in [2.45, 2.75) is 32.0 Å². The fraction of sp³-hybridized carbons (Fsp3) is 0.600. The topological polar surface area (TPSA) is 61.9 Å². The molecule has 2 amide bonds. The minimum absolute atomic E-state index is 0.0402. The number of ether oxygens (including phenoxy) is 1. The largest absolute Gasteiger partial charge is 0.416 e. The third-order valence-electron chi connectivity index (χ3n) is 5.68. The molecule has 6 nitrogen and oxygen atoms in total. The van der Waals surface area contributed by atoms with E-state index in [-0.39, 0.29) is 22.5 Å². The number of nitrogens with zero attached hydrogens (tertiary/aromatic N) is 2. The maximum Gasteiger partial charge on any atom is 0.416 e. The van der Waals surface area contributed by atoms with Crippen LogP contribution in [0.4, 0.5) is 18.9 Å². The highest BCUT2D eigenvalue weighted by Gasteiger charge is 2.33. The van der Waals surface area contributed by atoms with Gasteiger partial charge < -0.3 is 15.0 Å². The first-order valence-electron chi connectivity index (χ1n) is 9.95. The van der Waals surface area contributed by atoms with Crippen molar-refractivity contribution in [3.8, 4) is 0 Å². The summed E-state index contributed by atoms with van der Waals surface area (Å²) >= 11 is 5.96. The summed E-state index contributed by atoms with van der Waals surface area (Å²) in [6.07, 6.45) is -3.25. The van der Waals surface area contributed by atoms with Crippen molar-refractivity contribution < 1.29 is 27.5 Å². The van der Waals surface area contributed by atoms with Crippen LogP contribution < -0.4 is 5.32 Å². The van der Waals surface area contributed by atoms with E-state index in [4.69, 9.17) is 16.3 Å². The summed E-state index contributed by atoms with van der Waals surface area (Å²) in [6.45, 7) is 5.14. The average molecular weight is 448 g/mol. The molecule has 0 aliphatic carbocycles. The lowest BCUT2D eigenvalue weighted by Crippen LogP contribution is -2.50. The number of morpholine rings is 1. The van der Waals surface area contributed by atoms with Crippen molar-refractivity contribution >= 4 is 29.1 Å². The molecule has 2 saturated heterocycles. The molecule has 2 aliphatic heterocycles. The van der Waals surface area contributed by atoms with Crippen molar-refractivity contribution in [3.05, 3.63) is 28.8 Å². The molecule has 166 valence electrons. The second-order valence-corrected chi connectivity index (χ2v) is 8.01. The molecule has 0 spiro atoms. The second-order valence-electron chi connectivity index (χ2n) is 7.61. The van der Waals surface area contributed by atoms with Crippen LogP contribution in [-0.4, -0.2) is 67.0 Å². The van der Waals surface area contributed by atoms with Gasteiger partial charge in [0, 0.05) is 19.0 Å². The predicted molar refractivity (Wildman–Crippen MR) is 106 cm³/mol. The highest BCUT2D eigenvalue weighted by atomic mass is 35.5. The standard InChI is InChI=1S/C20H25ClF3N3O3/c1-13(18(28)25-17-12-15(20(22,23)24)2-3-16(17)21)26-6-4-14(5-7-26)19(29)27-8-10-30-11-9-27/h2-3,12-14H,4-11H2,1H3,(H,25,28)/t13-/m0/s1. The number of likely N-dealkylation sites (tertiary alicyclic amines) is 1. The van der Waals surface area contributed by atoms with Gasteiger partial charge in [0.2, 0.25) is 11.8 Å². The van der Waals surface area contributed by atoms with Crippen LogP contribution in [0.5, 0.6) is 0 Å². The van der Waals surface area contributed by atoms with Crippen LogP contribution in [0.2, 0.25) is 5.02 Å². The van der Waals surface area contributed by atoms with E-state index in [0.717, 1.165) is 18.2 Å². The Morgan fingerprint density at radius 1 is 1.17 bits per heavy atom. The zero-order valence-corrected chi connectivity index (χ0v) is 17.4. The minimum Gasteiger partial charge on any atom is -0.378 e. The molecule has 30 heavy (non-hydrogen) atoms. The molecular weight excluding hydrogens is 423 g/mol. The van der Waals surface area contributed by atoms with E-state index >= 15 is 0 Å². The summed E-state index contributed by atoms with van der Waals surface area (Å²) in [7, 11) is 0. The van der Waals surface area contributed by atoms with Gasteiger partial charge in [-0.1, -0.05) is 11.6 Å². The first kappa shape index (κ1) is 22.8. The van der Waals surface area contributed by atoms with Crippen LogP contribution >= 0.6 is 11.6 Å². The normalized spacial score (nSPS) is 20.1. The molecular formula is C20H25ClF3N3O3. The van der Waals surface area contributed by atoms with Crippen molar-refractivity contribution in [1.82, 2.24) is 9.80 Å². The lowest BCUT2D eigenvalue weighted by molar-refractivity contribution is -0.141. The Bertz CT molecular complexity index is 776. The molecule has 1 aromatic carbocycles. The summed E-state index contributed by atoms with van der Waals surface area (Å²) < 4.78 is 44.0. The molecule has 3 rings (SSSR count). The molecule has 0 aromatic heterocycles. The number of nitrogens with one attached hydrogen (secondary N) is 1. The minimum atomic E-state index is -4.52. The smallest absolute Gasteiger partial charge is 0.378 e. The van der Waals surface area contributed by atoms with E-state index in [2.05, 4.69) is 5.32 Å². The highest BCUT2D eigenvalue weighted by molar-refractivity contribution is 6.33. The van der Waals surface area contributed by atoms with Gasteiger partial charge in [-0.05, 0) is 51.1 Å². The van der Waals surface area contributed by atoms with Gasteiger partial charge in [0.25, 0.3) is 0 Å². The molecule has 0 bridgehead atoms. The Labute approximate surface area is 178 Å². The van der Waals surface area contributed by atoms with Crippen molar-refractivity contribution in [2.24, 2.45) is 5.92 Å². The average Bonchev–Trinajstić information content (AvgIpc) is 2.74. The number of piperidine rings is 1. The van der Waals surface area contributed by atoms with Crippen LogP contribution in [0.3, 0.4) is 0 Å². The van der Waals surface area contributed by atoms with Crippen LogP contribution in [0, 0.1) is 5.92 Å². The Morgan fingerprint density at radius 3 is 2.40 bits per heavy atom. The Balaban J connectivity index is 1.55. The summed E-state index contributed by atoms with van der Waals surface area (Å²) in [4.78, 5) is 29.0. The van der Waals surface area contributed by atoms with Gasteiger partial charge in [-0.2, -0.15) is 13.2 Å². The van der Waals surface area contributed by atoms with Crippen molar-refractivity contribution in [2.75, 3.05) is 44.7 Å². The van der Waals surface area contributed by atoms with Gasteiger partial charge in [-0.25, -0.2) is 0 Å². The summed E-state index contributed by atoms with van der Waals surface area (Å²) in [5.74, 6) is -0.382. The maximum atomic E-state index is 12.9. The van der Waals surface area contributed by atoms with Crippen LogP contribution in [0.25, 0.3) is 0 Å². The van der Waals surface area contributed by atoms with E-state index < -0.39 is 23.7 Å². The van der Waals surface area contributed by atoms with E-state index in [0.29, 0.717) is 52.2 Å². The van der Waals surface area contributed by atoms with E-state index in [1.165, 1.54) is 0 Å². The molecule has 2 heterocycles. The van der Waals surface area contributed by atoms with Gasteiger partial charge >= 0.3 is 6.18 Å². The number of hydrogen-bond acceptors (Lipinski definition) is 4. The third kappa shape index (κ3) is 5.44. The maximum absolute atomic E-state index is 12.9. The van der Waals surface area contributed by atoms with E-state index in [9.17, 15) is 22.8 Å². The first-order valence-corrected chi connectivity index (χ1v) is 10.3. The monoisotopic (exact) mass is 447 g/mol. The van der Waals surface area contributed by atoms with Crippen molar-refractivity contribution in [1.29, 1.82) is 0 Å². The molecule has 2 fully saturated rings. The van der Waals surface area contributed by atoms with Crippen molar-refractivity contribution in [3.63, 3.8) is 0 Å². The summed E-state index contributed by atoms with van der Waals surface area (Å²) in [5.41, 5.74) is -0.946. The Hall–Kier alpha value is -1.84. The zero-order valence-electron chi connectivity index (χ0n) is 16.7. The summed E-state index contributed by atoms with van der Waals surface area (Å²) in [5, 5.41) is 2.54.